The van der Waals surface area contributed by atoms with Crippen LogP contribution in [0, 0.1) is 13.8 Å². The first-order chi connectivity index (χ1) is 7.45. The van der Waals surface area contributed by atoms with E-state index in [-0.39, 0.29) is 0 Å². The monoisotopic (exact) mass is 219 g/mol. The summed E-state index contributed by atoms with van der Waals surface area (Å²) in [7, 11) is 3.57. The van der Waals surface area contributed by atoms with Gasteiger partial charge in [0.25, 0.3) is 0 Å². The van der Waals surface area contributed by atoms with E-state index in [1.165, 1.54) is 5.56 Å². The zero-order chi connectivity index (χ0) is 12.0. The molecule has 0 bridgehead atoms. The van der Waals surface area contributed by atoms with Crippen LogP contribution in [0.2, 0.25) is 0 Å². The van der Waals surface area contributed by atoms with Gasteiger partial charge >= 0.3 is 11.8 Å². The van der Waals surface area contributed by atoms with Crippen molar-refractivity contribution in [3.05, 3.63) is 29.1 Å². The van der Waals surface area contributed by atoms with Crippen LogP contribution >= 0.6 is 0 Å². The lowest BCUT2D eigenvalue weighted by Crippen LogP contribution is -2.36. The third-order valence-electron chi connectivity index (χ3n) is 3.20. The van der Waals surface area contributed by atoms with Gasteiger partial charge in [0.15, 0.2) is 11.0 Å². The fourth-order valence-corrected chi connectivity index (χ4v) is 2.21. The number of fused-ring (bicyclic) bond motifs is 1. The summed E-state index contributed by atoms with van der Waals surface area (Å²) in [6, 6.07) is 3.98. The molecule has 0 aliphatic heterocycles. The summed E-state index contributed by atoms with van der Waals surface area (Å²) in [6.45, 7) is 4.05. The maximum absolute atomic E-state index is 11.2. The Morgan fingerprint density at radius 1 is 1.38 bits per heavy atom. The minimum absolute atomic E-state index is 0.295. The lowest BCUT2D eigenvalue weighted by molar-refractivity contribution is -0.648. The second-order valence-corrected chi connectivity index (χ2v) is 4.12. The molecule has 0 fully saturated rings. The van der Waals surface area contributed by atoms with Crippen LogP contribution in [0.3, 0.4) is 0 Å². The number of benzene rings is 1. The highest BCUT2D eigenvalue weighted by Gasteiger charge is 2.27. The molecule has 4 nitrogen and oxygen atoms in total. The van der Waals surface area contributed by atoms with Gasteiger partial charge < -0.3 is 5.11 Å². The number of aromatic nitrogens is 2. The van der Waals surface area contributed by atoms with Crippen molar-refractivity contribution in [2.45, 2.75) is 13.8 Å². The van der Waals surface area contributed by atoms with Gasteiger partial charge in [-0.1, -0.05) is 6.07 Å². The molecule has 84 valence electrons. The molecule has 0 radical (unpaired) electrons. The predicted molar refractivity (Wildman–Crippen MR) is 60.5 cm³/mol. The molecule has 0 spiro atoms. The van der Waals surface area contributed by atoms with Gasteiger partial charge in [-0.25, -0.2) is 13.9 Å². The van der Waals surface area contributed by atoms with E-state index in [0.29, 0.717) is 5.82 Å². The number of carbonyl (C=O) groups is 1. The Hall–Kier alpha value is -1.84. The SMILES string of the molecule is Cc1ccc2c(c1C)[n+](C)c(C(=O)O)n2C. The molecule has 1 heterocycles. The van der Waals surface area contributed by atoms with Crippen molar-refractivity contribution < 1.29 is 14.5 Å². The number of hydrogen-bond acceptors (Lipinski definition) is 1. The smallest absolute Gasteiger partial charge is 0.419 e. The standard InChI is InChI=1S/C12H14N2O2/c1-7-5-6-9-10(8(7)2)14(4)11(12(15)16)13(9)3/h5-6H,1-4H3/p+1. The molecule has 1 aromatic carbocycles. The van der Waals surface area contributed by atoms with Crippen molar-refractivity contribution >= 4 is 17.0 Å². The largest absolute Gasteiger partial charge is 0.472 e. The fraction of sp³-hybridized carbons (Fsp3) is 0.333. The summed E-state index contributed by atoms with van der Waals surface area (Å²) in [6.07, 6.45) is 0. The van der Waals surface area contributed by atoms with E-state index in [1.807, 2.05) is 26.0 Å². The second-order valence-electron chi connectivity index (χ2n) is 4.12. The number of aryl methyl sites for hydroxylation is 4. The minimum Gasteiger partial charge on any atom is -0.472 e. The van der Waals surface area contributed by atoms with Crippen molar-refractivity contribution in [2.24, 2.45) is 14.1 Å². The summed E-state index contributed by atoms with van der Waals surface area (Å²) in [5.74, 6) is -0.609. The number of nitrogens with zero attached hydrogens (tertiary/aromatic N) is 2. The molecule has 0 saturated heterocycles. The van der Waals surface area contributed by atoms with Crippen LogP contribution in [0.15, 0.2) is 12.1 Å². The Kier molecular flexibility index (Phi) is 2.22. The Morgan fingerprint density at radius 3 is 2.56 bits per heavy atom. The van der Waals surface area contributed by atoms with Crippen molar-refractivity contribution in [3.63, 3.8) is 0 Å². The van der Waals surface area contributed by atoms with Crippen LogP contribution in [0.5, 0.6) is 0 Å². The number of carboxylic acids is 1. The third kappa shape index (κ3) is 1.23. The summed E-state index contributed by atoms with van der Waals surface area (Å²) in [5.41, 5.74) is 4.23. The molecule has 4 heteroatoms. The van der Waals surface area contributed by atoms with Crippen LogP contribution in [0.25, 0.3) is 11.0 Å². The first kappa shape index (κ1) is 10.7. The van der Waals surface area contributed by atoms with E-state index in [9.17, 15) is 4.79 Å². The molecule has 0 amide bonds. The predicted octanol–water partition coefficient (Wildman–Crippen LogP) is 1.32. The highest BCUT2D eigenvalue weighted by Crippen LogP contribution is 2.19. The zero-order valence-electron chi connectivity index (χ0n) is 9.90. The molecule has 2 aromatic rings. The van der Waals surface area contributed by atoms with Gasteiger partial charge in [-0.3, -0.25) is 0 Å². The quantitative estimate of drug-likeness (QED) is 0.735. The summed E-state index contributed by atoms with van der Waals surface area (Å²) >= 11 is 0. The highest BCUT2D eigenvalue weighted by molar-refractivity contribution is 5.87. The topological polar surface area (TPSA) is 46.1 Å². The van der Waals surface area contributed by atoms with E-state index < -0.39 is 5.97 Å². The average molecular weight is 219 g/mol. The molecular weight excluding hydrogens is 204 g/mol. The summed E-state index contributed by atoms with van der Waals surface area (Å²) < 4.78 is 3.45. The number of rotatable bonds is 1. The summed E-state index contributed by atoms with van der Waals surface area (Å²) in [5, 5.41) is 9.17. The van der Waals surface area contributed by atoms with Crippen LogP contribution in [-0.2, 0) is 14.1 Å². The Labute approximate surface area is 93.7 Å². The molecule has 0 unspecified atom stereocenters. The molecule has 0 aliphatic carbocycles. The molecule has 0 saturated carbocycles. The lowest BCUT2D eigenvalue weighted by atomic mass is 10.1. The molecule has 2 rings (SSSR count). The molecular formula is C12H15N2O2+. The van der Waals surface area contributed by atoms with Gasteiger partial charge in [0, 0.05) is 5.56 Å². The van der Waals surface area contributed by atoms with Gasteiger partial charge in [0.2, 0.25) is 0 Å². The van der Waals surface area contributed by atoms with E-state index in [4.69, 9.17) is 5.11 Å². The van der Waals surface area contributed by atoms with Crippen molar-refractivity contribution in [3.8, 4) is 0 Å². The van der Waals surface area contributed by atoms with Gasteiger partial charge in [-0.2, -0.15) is 0 Å². The van der Waals surface area contributed by atoms with Crippen LogP contribution in [0.1, 0.15) is 21.7 Å². The van der Waals surface area contributed by atoms with Gasteiger partial charge in [0.1, 0.15) is 0 Å². The van der Waals surface area contributed by atoms with E-state index in [0.717, 1.165) is 16.6 Å². The number of hydrogen-bond donors (Lipinski definition) is 1. The fourth-order valence-electron chi connectivity index (χ4n) is 2.21. The molecule has 0 atom stereocenters. The Bertz CT molecular complexity index is 597. The second kappa shape index (κ2) is 3.33. The number of aromatic carboxylic acids is 1. The number of carboxylic acid groups (broad SMARTS) is 1. The third-order valence-corrected chi connectivity index (χ3v) is 3.20. The minimum atomic E-state index is -0.904. The first-order valence-corrected chi connectivity index (χ1v) is 5.13. The normalized spacial score (nSPS) is 11.0. The van der Waals surface area contributed by atoms with Crippen LogP contribution in [-0.4, -0.2) is 15.6 Å². The van der Waals surface area contributed by atoms with Gasteiger partial charge in [-0.15, -0.1) is 0 Å². The van der Waals surface area contributed by atoms with E-state index in [1.54, 1.807) is 23.2 Å². The highest BCUT2D eigenvalue weighted by atomic mass is 16.4. The van der Waals surface area contributed by atoms with Crippen molar-refractivity contribution in [2.75, 3.05) is 0 Å². The Morgan fingerprint density at radius 2 is 2.00 bits per heavy atom. The maximum atomic E-state index is 11.2. The zero-order valence-corrected chi connectivity index (χ0v) is 9.90. The van der Waals surface area contributed by atoms with Crippen LogP contribution in [0.4, 0.5) is 0 Å². The van der Waals surface area contributed by atoms with Crippen LogP contribution < -0.4 is 4.57 Å². The molecule has 16 heavy (non-hydrogen) atoms. The maximum Gasteiger partial charge on any atom is 0.419 e. The lowest BCUT2D eigenvalue weighted by Gasteiger charge is -1.98. The van der Waals surface area contributed by atoms with E-state index >= 15 is 0 Å². The van der Waals surface area contributed by atoms with Crippen molar-refractivity contribution in [1.82, 2.24) is 4.57 Å². The van der Waals surface area contributed by atoms with Gasteiger partial charge in [-0.05, 0) is 25.5 Å². The van der Waals surface area contributed by atoms with Crippen molar-refractivity contribution in [1.29, 1.82) is 0 Å². The molecule has 0 aliphatic rings. The average Bonchev–Trinajstić information content (AvgIpc) is 2.45. The first-order valence-electron chi connectivity index (χ1n) is 5.13. The van der Waals surface area contributed by atoms with E-state index in [2.05, 4.69) is 0 Å². The molecule has 1 N–H and O–H groups in total. The number of imidazole rings is 1. The van der Waals surface area contributed by atoms with Gasteiger partial charge in [0.05, 0.1) is 14.1 Å². The molecule has 1 aromatic heterocycles. The summed E-state index contributed by atoms with van der Waals surface area (Å²) in [4.78, 5) is 11.2. The Balaban J connectivity index is 3.00.